The van der Waals surface area contributed by atoms with Crippen molar-refractivity contribution in [2.75, 3.05) is 5.88 Å². The lowest BCUT2D eigenvalue weighted by Gasteiger charge is -1.98. The molecule has 1 heterocycles. The van der Waals surface area contributed by atoms with Gasteiger partial charge < -0.3 is 5.32 Å². The number of hydrogen-bond acceptors (Lipinski definition) is 1. The third-order valence-corrected chi connectivity index (χ3v) is 1.35. The Morgan fingerprint density at radius 2 is 2.67 bits per heavy atom. The van der Waals surface area contributed by atoms with E-state index in [1.807, 2.05) is 0 Å². The van der Waals surface area contributed by atoms with Gasteiger partial charge in [-0.05, 0) is 11.3 Å². The van der Waals surface area contributed by atoms with E-state index in [2.05, 4.69) is 5.32 Å². The van der Waals surface area contributed by atoms with E-state index in [1.165, 1.54) is 0 Å². The summed E-state index contributed by atoms with van der Waals surface area (Å²) in [6.07, 6.45) is 1.58. The van der Waals surface area contributed by atoms with Crippen LogP contribution in [0.1, 0.15) is 0 Å². The standard InChI is InChI=1S/C3H4NOS/c5-6-2-1-4-3-6/h1-2H,3H2/q-1. The van der Waals surface area contributed by atoms with Crippen molar-refractivity contribution in [1.29, 1.82) is 0 Å². The topological polar surface area (TPSA) is 31.2 Å². The summed E-state index contributed by atoms with van der Waals surface area (Å²) < 4.78 is 10.2. The van der Waals surface area contributed by atoms with E-state index in [0.717, 1.165) is 0 Å². The first kappa shape index (κ1) is 3.87. The van der Waals surface area contributed by atoms with Crippen LogP contribution >= 0.6 is 0 Å². The summed E-state index contributed by atoms with van der Waals surface area (Å²) in [7, 11) is -0.770. The SMILES string of the molecule is O=S1C=C[N-]C1. The zero-order valence-electron chi connectivity index (χ0n) is 3.13. The highest BCUT2D eigenvalue weighted by Gasteiger charge is 1.83. The van der Waals surface area contributed by atoms with Crippen LogP contribution in [-0.2, 0) is 10.8 Å². The van der Waals surface area contributed by atoms with Crippen LogP contribution in [-0.4, -0.2) is 10.1 Å². The molecule has 0 saturated heterocycles. The van der Waals surface area contributed by atoms with Gasteiger partial charge in [0.25, 0.3) is 0 Å². The largest absolute Gasteiger partial charge is 0.680 e. The minimum Gasteiger partial charge on any atom is -0.680 e. The molecule has 0 N–H and O–H groups in total. The molecule has 0 amide bonds. The van der Waals surface area contributed by atoms with Crippen LogP contribution in [0.3, 0.4) is 0 Å². The van der Waals surface area contributed by atoms with Crippen LogP contribution < -0.4 is 0 Å². The summed E-state index contributed by atoms with van der Waals surface area (Å²) in [6.45, 7) is 0. The van der Waals surface area contributed by atoms with Gasteiger partial charge in [0.15, 0.2) is 0 Å². The second kappa shape index (κ2) is 1.43. The van der Waals surface area contributed by atoms with E-state index < -0.39 is 10.8 Å². The molecule has 0 bridgehead atoms. The summed E-state index contributed by atoms with van der Waals surface area (Å²) in [5.41, 5.74) is 0. The summed E-state index contributed by atoms with van der Waals surface area (Å²) in [4.78, 5) is 0. The zero-order chi connectivity index (χ0) is 4.41. The van der Waals surface area contributed by atoms with Gasteiger partial charge in [-0.15, -0.1) is 0 Å². The Kier molecular flexibility index (Phi) is 0.919. The quantitative estimate of drug-likeness (QED) is 0.439. The second-order valence-corrected chi connectivity index (χ2v) is 2.27. The predicted octanol–water partition coefficient (Wildman–Crippen LogP) is 0.551. The van der Waals surface area contributed by atoms with E-state index in [-0.39, 0.29) is 0 Å². The molecule has 1 unspecified atom stereocenters. The summed E-state index contributed by atoms with van der Waals surface area (Å²) in [5, 5.41) is 5.27. The van der Waals surface area contributed by atoms with Crippen molar-refractivity contribution in [2.24, 2.45) is 0 Å². The highest BCUT2D eigenvalue weighted by atomic mass is 32.2. The third kappa shape index (κ3) is 0.597. The minimum atomic E-state index is -0.770. The molecule has 0 saturated carbocycles. The van der Waals surface area contributed by atoms with Crippen LogP contribution in [0.15, 0.2) is 11.6 Å². The Balaban J connectivity index is 2.59. The van der Waals surface area contributed by atoms with Gasteiger partial charge in [-0.1, -0.05) is 0 Å². The Morgan fingerprint density at radius 3 is 2.83 bits per heavy atom. The Morgan fingerprint density at radius 1 is 1.83 bits per heavy atom. The number of rotatable bonds is 0. The lowest BCUT2D eigenvalue weighted by Crippen LogP contribution is -1.78. The fraction of sp³-hybridized carbons (Fsp3) is 0.333. The Labute approximate surface area is 38.7 Å². The zero-order valence-corrected chi connectivity index (χ0v) is 3.94. The molecule has 1 aliphatic rings. The lowest BCUT2D eigenvalue weighted by molar-refractivity contribution is 0.690. The number of hydrogen-bond donors (Lipinski definition) is 0. The van der Waals surface area contributed by atoms with Crippen molar-refractivity contribution >= 4 is 10.8 Å². The summed E-state index contributed by atoms with van der Waals surface area (Å²) >= 11 is 0. The molecule has 6 heavy (non-hydrogen) atoms. The minimum absolute atomic E-state index is 0.472. The molecule has 0 radical (unpaired) electrons. The molecule has 1 aliphatic heterocycles. The van der Waals surface area contributed by atoms with E-state index in [4.69, 9.17) is 0 Å². The average Bonchev–Trinajstić information content (AvgIpc) is 1.86. The van der Waals surface area contributed by atoms with E-state index in [0.29, 0.717) is 5.88 Å². The molecule has 0 fully saturated rings. The van der Waals surface area contributed by atoms with Gasteiger partial charge in [0, 0.05) is 10.8 Å². The third-order valence-electron chi connectivity index (χ3n) is 0.520. The van der Waals surface area contributed by atoms with Crippen LogP contribution in [0.2, 0.25) is 0 Å². The van der Waals surface area contributed by atoms with Crippen molar-refractivity contribution < 1.29 is 4.21 Å². The van der Waals surface area contributed by atoms with Crippen molar-refractivity contribution in [2.45, 2.75) is 0 Å². The molecule has 0 spiro atoms. The van der Waals surface area contributed by atoms with Gasteiger partial charge in [0.05, 0.1) is 0 Å². The van der Waals surface area contributed by atoms with Gasteiger partial charge in [-0.25, -0.2) is 0 Å². The first-order valence-electron chi connectivity index (χ1n) is 1.60. The van der Waals surface area contributed by atoms with Crippen molar-refractivity contribution in [3.63, 3.8) is 0 Å². The molecule has 0 aromatic heterocycles. The van der Waals surface area contributed by atoms with Crippen molar-refractivity contribution in [3.05, 3.63) is 16.9 Å². The maximum absolute atomic E-state index is 10.2. The first-order chi connectivity index (χ1) is 2.89. The van der Waals surface area contributed by atoms with Crippen LogP contribution in [0, 0.1) is 0 Å². The summed E-state index contributed by atoms with van der Waals surface area (Å²) in [5.74, 6) is 0.472. The molecular weight excluding hydrogens is 98.1 g/mol. The molecule has 1 atom stereocenters. The molecule has 0 aliphatic carbocycles. The fourth-order valence-corrected chi connectivity index (χ4v) is 0.811. The average molecular weight is 102 g/mol. The normalized spacial score (nSPS) is 30.3. The Hall–Kier alpha value is -0.310. The second-order valence-electron chi connectivity index (χ2n) is 0.978. The molecule has 0 aromatic rings. The van der Waals surface area contributed by atoms with Crippen LogP contribution in [0.25, 0.3) is 5.32 Å². The lowest BCUT2D eigenvalue weighted by atomic mass is 11.0. The molecule has 34 valence electrons. The molecule has 3 heteroatoms. The van der Waals surface area contributed by atoms with Crippen LogP contribution in [0.4, 0.5) is 0 Å². The van der Waals surface area contributed by atoms with Gasteiger partial charge in [-0.3, -0.25) is 4.21 Å². The monoisotopic (exact) mass is 102 g/mol. The van der Waals surface area contributed by atoms with Gasteiger partial charge in [-0.2, -0.15) is 6.20 Å². The van der Waals surface area contributed by atoms with Crippen molar-refractivity contribution in [3.8, 4) is 0 Å². The maximum Gasteiger partial charge on any atom is 0.0259 e. The highest BCUT2D eigenvalue weighted by Crippen LogP contribution is 2.02. The van der Waals surface area contributed by atoms with E-state index in [9.17, 15) is 4.21 Å². The molecular formula is C3H4NOS-. The Bertz CT molecular complexity index is 99.0. The van der Waals surface area contributed by atoms with Gasteiger partial charge in [0.1, 0.15) is 0 Å². The van der Waals surface area contributed by atoms with E-state index in [1.54, 1.807) is 11.6 Å². The molecule has 2 nitrogen and oxygen atoms in total. The van der Waals surface area contributed by atoms with E-state index >= 15 is 0 Å². The fourth-order valence-electron chi connectivity index (χ4n) is 0.270. The van der Waals surface area contributed by atoms with Gasteiger partial charge in [0.2, 0.25) is 0 Å². The molecule has 0 aromatic carbocycles. The van der Waals surface area contributed by atoms with Crippen molar-refractivity contribution in [1.82, 2.24) is 0 Å². The van der Waals surface area contributed by atoms with Crippen LogP contribution in [0.5, 0.6) is 0 Å². The highest BCUT2D eigenvalue weighted by molar-refractivity contribution is 7.88. The molecule has 1 rings (SSSR count). The number of nitrogens with zero attached hydrogens (tertiary/aromatic N) is 1. The van der Waals surface area contributed by atoms with Gasteiger partial charge >= 0.3 is 0 Å². The smallest absolute Gasteiger partial charge is 0.0259 e. The first-order valence-corrected chi connectivity index (χ1v) is 2.98. The maximum atomic E-state index is 10.2. The summed E-state index contributed by atoms with van der Waals surface area (Å²) in [6, 6.07) is 0. The predicted molar refractivity (Wildman–Crippen MR) is 25.5 cm³/mol.